The first-order valence-corrected chi connectivity index (χ1v) is 6.82. The number of ether oxygens (including phenoxy) is 2. The molecule has 112 valence electrons. The van der Waals surface area contributed by atoms with Gasteiger partial charge in [0.1, 0.15) is 6.54 Å². The molecule has 0 spiro atoms. The summed E-state index contributed by atoms with van der Waals surface area (Å²) in [6.45, 7) is 2.10. The molecule has 0 aliphatic heterocycles. The predicted octanol–water partition coefficient (Wildman–Crippen LogP) is -0.601. The second-order valence-electron chi connectivity index (χ2n) is 3.78. The highest BCUT2D eigenvalue weighted by Gasteiger charge is 2.27. The van der Waals surface area contributed by atoms with Gasteiger partial charge in [-0.1, -0.05) is 0 Å². The molecule has 0 unspecified atom stereocenters. The van der Waals surface area contributed by atoms with Gasteiger partial charge < -0.3 is 14.6 Å². The number of aliphatic carboxylic acids is 1. The molecule has 0 aromatic rings. The van der Waals surface area contributed by atoms with E-state index in [4.69, 9.17) is 5.11 Å². The number of carboxylic acids is 1. The van der Waals surface area contributed by atoms with Crippen LogP contribution in [-0.2, 0) is 24.5 Å². The molecule has 9 nitrogen and oxygen atoms in total. The number of carbonyl (C=O) groups excluding carboxylic acids is 1. The standard InChI is InChI=1S/C9H18N2O7S/c1-7(2)18-9(14)10-19(15,16)11(4-5-17-3)6-8(12)13/h7H,4-6H2,1-3H3,(H,10,14)(H,12,13). The van der Waals surface area contributed by atoms with Crippen molar-refractivity contribution in [1.82, 2.24) is 9.03 Å². The largest absolute Gasteiger partial charge is 0.480 e. The number of carbonyl (C=O) groups is 2. The van der Waals surface area contributed by atoms with Gasteiger partial charge >= 0.3 is 22.3 Å². The van der Waals surface area contributed by atoms with Crippen LogP contribution in [0, 0.1) is 0 Å². The number of methoxy groups -OCH3 is 1. The molecule has 0 aromatic heterocycles. The molecule has 19 heavy (non-hydrogen) atoms. The van der Waals surface area contributed by atoms with Crippen molar-refractivity contribution in [3.8, 4) is 0 Å². The molecule has 0 radical (unpaired) electrons. The zero-order valence-corrected chi connectivity index (χ0v) is 11.8. The highest BCUT2D eigenvalue weighted by atomic mass is 32.2. The second kappa shape index (κ2) is 7.92. The molecule has 10 heteroatoms. The van der Waals surface area contributed by atoms with Gasteiger partial charge in [0.25, 0.3) is 0 Å². The van der Waals surface area contributed by atoms with Gasteiger partial charge in [-0.15, -0.1) is 0 Å². The molecular weight excluding hydrogens is 280 g/mol. The Balaban J connectivity index is 4.76. The summed E-state index contributed by atoms with van der Waals surface area (Å²) in [6, 6.07) is 0. The van der Waals surface area contributed by atoms with E-state index in [2.05, 4.69) is 9.47 Å². The quantitative estimate of drug-likeness (QED) is 0.613. The number of carboxylic acid groups (broad SMARTS) is 1. The minimum Gasteiger partial charge on any atom is -0.480 e. The first kappa shape index (κ1) is 17.6. The lowest BCUT2D eigenvalue weighted by Gasteiger charge is -2.20. The van der Waals surface area contributed by atoms with E-state index in [0.717, 1.165) is 0 Å². The zero-order valence-electron chi connectivity index (χ0n) is 11.0. The Morgan fingerprint density at radius 3 is 2.37 bits per heavy atom. The Bertz CT molecular complexity index is 407. The molecule has 0 fully saturated rings. The summed E-state index contributed by atoms with van der Waals surface area (Å²) in [5, 5.41) is 8.64. The fourth-order valence-electron chi connectivity index (χ4n) is 1.04. The minimum atomic E-state index is -4.29. The molecule has 0 aliphatic rings. The Morgan fingerprint density at radius 1 is 1.37 bits per heavy atom. The van der Waals surface area contributed by atoms with E-state index in [0.29, 0.717) is 4.31 Å². The number of rotatable bonds is 8. The van der Waals surface area contributed by atoms with Gasteiger partial charge in [0.2, 0.25) is 0 Å². The van der Waals surface area contributed by atoms with Crippen LogP contribution in [0.5, 0.6) is 0 Å². The smallest absolute Gasteiger partial charge is 0.422 e. The lowest BCUT2D eigenvalue weighted by molar-refractivity contribution is -0.137. The fraction of sp³-hybridized carbons (Fsp3) is 0.778. The van der Waals surface area contributed by atoms with Crippen molar-refractivity contribution < 1.29 is 32.6 Å². The molecule has 0 rings (SSSR count). The Hall–Kier alpha value is -1.39. The molecule has 1 amide bonds. The third-order valence-corrected chi connectivity index (χ3v) is 3.17. The molecule has 0 saturated heterocycles. The number of hydrogen-bond donors (Lipinski definition) is 2. The fourth-order valence-corrected chi connectivity index (χ4v) is 2.02. The van der Waals surface area contributed by atoms with Crippen LogP contribution in [0.1, 0.15) is 13.8 Å². The highest BCUT2D eigenvalue weighted by molar-refractivity contribution is 7.87. The predicted molar refractivity (Wildman–Crippen MR) is 64.8 cm³/mol. The topological polar surface area (TPSA) is 122 Å². The van der Waals surface area contributed by atoms with Crippen LogP contribution in [0.4, 0.5) is 4.79 Å². The van der Waals surface area contributed by atoms with Crippen LogP contribution in [0.25, 0.3) is 0 Å². The van der Waals surface area contributed by atoms with Crippen LogP contribution in [0.2, 0.25) is 0 Å². The Labute approximate surface area is 111 Å². The van der Waals surface area contributed by atoms with Crippen molar-refractivity contribution >= 4 is 22.3 Å². The van der Waals surface area contributed by atoms with Crippen LogP contribution >= 0.6 is 0 Å². The Morgan fingerprint density at radius 2 is 1.95 bits per heavy atom. The van der Waals surface area contributed by atoms with E-state index in [1.54, 1.807) is 18.6 Å². The molecular formula is C9H18N2O7S. The van der Waals surface area contributed by atoms with Crippen LogP contribution in [-0.4, -0.2) is 62.8 Å². The van der Waals surface area contributed by atoms with Crippen molar-refractivity contribution in [1.29, 1.82) is 0 Å². The summed E-state index contributed by atoms with van der Waals surface area (Å²) < 4.78 is 35.0. The third-order valence-electron chi connectivity index (χ3n) is 1.75. The van der Waals surface area contributed by atoms with Crippen molar-refractivity contribution in [3.05, 3.63) is 0 Å². The minimum absolute atomic E-state index is 0.00653. The number of nitrogens with one attached hydrogen (secondary N) is 1. The zero-order chi connectivity index (χ0) is 15.1. The van der Waals surface area contributed by atoms with E-state index in [-0.39, 0.29) is 13.2 Å². The van der Waals surface area contributed by atoms with Crippen LogP contribution in [0.3, 0.4) is 0 Å². The average molecular weight is 298 g/mol. The summed E-state index contributed by atoms with van der Waals surface area (Å²) >= 11 is 0. The normalized spacial score (nSPS) is 11.6. The third kappa shape index (κ3) is 7.59. The molecule has 0 aromatic carbocycles. The van der Waals surface area contributed by atoms with Gasteiger partial charge in [0.15, 0.2) is 0 Å². The van der Waals surface area contributed by atoms with E-state index < -0.39 is 34.9 Å². The number of amides is 1. The summed E-state index contributed by atoms with van der Waals surface area (Å²) in [6.07, 6.45) is -1.66. The van der Waals surface area contributed by atoms with Crippen LogP contribution in [0.15, 0.2) is 0 Å². The Kier molecular flexibility index (Phi) is 7.34. The van der Waals surface area contributed by atoms with E-state index in [1.807, 2.05) is 0 Å². The maximum absolute atomic E-state index is 11.8. The lowest BCUT2D eigenvalue weighted by Crippen LogP contribution is -2.47. The van der Waals surface area contributed by atoms with Gasteiger partial charge in [-0.3, -0.25) is 4.79 Å². The number of hydrogen-bond acceptors (Lipinski definition) is 6. The molecule has 0 saturated carbocycles. The molecule has 0 aliphatic carbocycles. The van der Waals surface area contributed by atoms with Crippen molar-refractivity contribution in [3.63, 3.8) is 0 Å². The van der Waals surface area contributed by atoms with E-state index >= 15 is 0 Å². The first-order valence-electron chi connectivity index (χ1n) is 5.38. The molecule has 2 N–H and O–H groups in total. The van der Waals surface area contributed by atoms with Crippen molar-refractivity contribution in [2.75, 3.05) is 26.8 Å². The van der Waals surface area contributed by atoms with Crippen molar-refractivity contribution in [2.24, 2.45) is 0 Å². The lowest BCUT2D eigenvalue weighted by atomic mass is 10.5. The van der Waals surface area contributed by atoms with Gasteiger partial charge in [0, 0.05) is 13.7 Å². The van der Waals surface area contributed by atoms with Gasteiger partial charge in [0.05, 0.1) is 12.7 Å². The molecule has 0 heterocycles. The summed E-state index contributed by atoms with van der Waals surface area (Å²) in [4.78, 5) is 21.8. The van der Waals surface area contributed by atoms with Crippen LogP contribution < -0.4 is 4.72 Å². The average Bonchev–Trinajstić information content (AvgIpc) is 2.21. The van der Waals surface area contributed by atoms with Gasteiger partial charge in [-0.25, -0.2) is 9.52 Å². The van der Waals surface area contributed by atoms with Gasteiger partial charge in [-0.05, 0) is 13.8 Å². The van der Waals surface area contributed by atoms with E-state index in [9.17, 15) is 18.0 Å². The number of nitrogens with zero attached hydrogens (tertiary/aromatic N) is 1. The second-order valence-corrected chi connectivity index (χ2v) is 5.45. The first-order chi connectivity index (χ1) is 8.69. The SMILES string of the molecule is COCCN(CC(=O)O)S(=O)(=O)NC(=O)OC(C)C. The maximum Gasteiger partial charge on any atom is 0.422 e. The van der Waals surface area contributed by atoms with Gasteiger partial charge in [-0.2, -0.15) is 12.7 Å². The summed E-state index contributed by atoms with van der Waals surface area (Å²) in [5.41, 5.74) is 0. The summed E-state index contributed by atoms with van der Waals surface area (Å²) in [7, 11) is -2.95. The van der Waals surface area contributed by atoms with E-state index in [1.165, 1.54) is 7.11 Å². The monoisotopic (exact) mass is 298 g/mol. The summed E-state index contributed by atoms with van der Waals surface area (Å²) in [5.74, 6) is -1.35. The molecule has 0 atom stereocenters. The maximum atomic E-state index is 11.8. The molecule has 0 bridgehead atoms. The highest BCUT2D eigenvalue weighted by Crippen LogP contribution is 2.00. The van der Waals surface area contributed by atoms with Crippen molar-refractivity contribution in [2.45, 2.75) is 20.0 Å².